The number of rotatable bonds is 7. The number of ketones is 1. The average Bonchev–Trinajstić information content (AvgIpc) is 2.70. The van der Waals surface area contributed by atoms with Gasteiger partial charge in [-0.05, 0) is 37.1 Å². The van der Waals surface area contributed by atoms with E-state index in [-0.39, 0.29) is 38.7 Å². The molecule has 2 aromatic rings. The van der Waals surface area contributed by atoms with Crippen LogP contribution in [0.2, 0.25) is 10.0 Å². The van der Waals surface area contributed by atoms with E-state index in [0.29, 0.717) is 23.4 Å². The Balaban J connectivity index is 2.11. The summed E-state index contributed by atoms with van der Waals surface area (Å²) in [4.78, 5) is 17.3. The summed E-state index contributed by atoms with van der Waals surface area (Å²) in [6.45, 7) is 2.07. The molecule has 0 spiro atoms. The SMILES string of the molecule is CCCCCC1=C(Nc2ccc(O)cc2Cl)C(=O)C=C(O)/C1=N\c1ccc(O)cc1Cl. The minimum absolute atomic E-state index is 0.00410. The van der Waals surface area contributed by atoms with Gasteiger partial charge in [-0.1, -0.05) is 43.0 Å². The lowest BCUT2D eigenvalue weighted by atomic mass is 9.92. The Bertz CT molecular complexity index is 1110. The maximum absolute atomic E-state index is 12.8. The molecule has 0 fully saturated rings. The fourth-order valence-electron chi connectivity index (χ4n) is 3.19. The molecule has 0 saturated heterocycles. The predicted octanol–water partition coefficient (Wildman–Crippen LogP) is 6.45. The number of phenols is 2. The van der Waals surface area contributed by atoms with Crippen molar-refractivity contribution < 1.29 is 20.1 Å². The first kappa shape index (κ1) is 22.7. The summed E-state index contributed by atoms with van der Waals surface area (Å²) < 4.78 is 0. The normalized spacial score (nSPS) is 15.4. The van der Waals surface area contributed by atoms with Gasteiger partial charge in [0.1, 0.15) is 23.0 Å². The number of carbonyl (C=O) groups excluding carboxylic acids is 1. The summed E-state index contributed by atoms with van der Waals surface area (Å²) in [5, 5.41) is 33.2. The van der Waals surface area contributed by atoms with Crippen LogP contribution in [-0.4, -0.2) is 26.8 Å². The van der Waals surface area contributed by atoms with Crippen molar-refractivity contribution in [2.75, 3.05) is 5.32 Å². The third kappa shape index (κ3) is 5.40. The number of benzene rings is 2. The third-order valence-corrected chi connectivity index (χ3v) is 5.37. The molecule has 6 nitrogen and oxygen atoms in total. The number of aliphatic hydroxyl groups is 1. The van der Waals surface area contributed by atoms with E-state index in [9.17, 15) is 20.1 Å². The molecule has 0 bridgehead atoms. The summed E-state index contributed by atoms with van der Waals surface area (Å²) in [5.74, 6) is -0.674. The van der Waals surface area contributed by atoms with Gasteiger partial charge in [0.05, 0.1) is 27.1 Å². The molecule has 0 amide bonds. The van der Waals surface area contributed by atoms with Crippen molar-refractivity contribution in [2.45, 2.75) is 32.6 Å². The van der Waals surface area contributed by atoms with E-state index in [4.69, 9.17) is 23.2 Å². The second-order valence-corrected chi connectivity index (χ2v) is 7.90. The number of anilines is 1. The van der Waals surface area contributed by atoms with Crippen molar-refractivity contribution in [1.82, 2.24) is 0 Å². The van der Waals surface area contributed by atoms with Crippen molar-refractivity contribution in [3.05, 3.63) is 69.5 Å². The Morgan fingerprint density at radius 2 is 1.65 bits per heavy atom. The lowest BCUT2D eigenvalue weighted by molar-refractivity contribution is -0.111. The monoisotopic (exact) mass is 460 g/mol. The molecule has 0 saturated carbocycles. The highest BCUT2D eigenvalue weighted by Gasteiger charge is 2.27. The molecule has 8 heteroatoms. The largest absolute Gasteiger partial charge is 0.508 e. The molecule has 1 aliphatic carbocycles. The van der Waals surface area contributed by atoms with Gasteiger partial charge in [-0.15, -0.1) is 0 Å². The number of aliphatic imine (C=N–C) groups is 1. The van der Waals surface area contributed by atoms with E-state index in [1.165, 1.54) is 30.3 Å². The van der Waals surface area contributed by atoms with Gasteiger partial charge >= 0.3 is 0 Å². The van der Waals surface area contributed by atoms with Gasteiger partial charge in [0.25, 0.3) is 0 Å². The molecule has 0 unspecified atom stereocenters. The standard InChI is InChI=1S/C23H22Cl2N2O4/c1-2-3-4-5-15-22(26-18-8-6-13(28)10-16(18)24)20(30)12-21(31)23(15)27-19-9-7-14(29)11-17(19)25/h6-12,26,28-29,31H,2-5H2,1H3/b27-23-. The quantitative estimate of drug-likeness (QED) is 0.216. The number of aliphatic hydroxyl groups excluding tert-OH is 1. The number of hydrogen-bond acceptors (Lipinski definition) is 6. The van der Waals surface area contributed by atoms with Crippen LogP contribution >= 0.6 is 23.2 Å². The summed E-state index contributed by atoms with van der Waals surface area (Å²) in [5.41, 5.74) is 1.79. The molecule has 162 valence electrons. The van der Waals surface area contributed by atoms with Gasteiger partial charge in [-0.2, -0.15) is 0 Å². The van der Waals surface area contributed by atoms with Crippen LogP contribution in [0.1, 0.15) is 32.6 Å². The van der Waals surface area contributed by atoms with E-state index in [0.717, 1.165) is 25.3 Å². The Morgan fingerprint density at radius 3 is 2.29 bits per heavy atom. The first-order valence-corrected chi connectivity index (χ1v) is 10.6. The number of unbranched alkanes of at least 4 members (excludes halogenated alkanes) is 2. The number of allylic oxidation sites excluding steroid dienone is 2. The van der Waals surface area contributed by atoms with E-state index in [2.05, 4.69) is 17.2 Å². The molecule has 4 N–H and O–H groups in total. The average molecular weight is 461 g/mol. The van der Waals surface area contributed by atoms with Gasteiger partial charge in [-0.3, -0.25) is 4.79 Å². The highest BCUT2D eigenvalue weighted by molar-refractivity contribution is 6.34. The van der Waals surface area contributed by atoms with Crippen LogP contribution in [0.4, 0.5) is 11.4 Å². The molecule has 31 heavy (non-hydrogen) atoms. The summed E-state index contributed by atoms with van der Waals surface area (Å²) in [7, 11) is 0. The fraction of sp³-hybridized carbons (Fsp3) is 0.217. The van der Waals surface area contributed by atoms with Crippen LogP contribution in [-0.2, 0) is 4.79 Å². The van der Waals surface area contributed by atoms with Gasteiger partial charge in [0.15, 0.2) is 0 Å². The van der Waals surface area contributed by atoms with E-state index in [1.54, 1.807) is 6.07 Å². The van der Waals surface area contributed by atoms with Crippen molar-refractivity contribution in [2.24, 2.45) is 4.99 Å². The molecule has 0 atom stereocenters. The predicted molar refractivity (Wildman–Crippen MR) is 124 cm³/mol. The number of nitrogens with zero attached hydrogens (tertiary/aromatic N) is 1. The maximum atomic E-state index is 12.8. The van der Waals surface area contributed by atoms with Crippen molar-refractivity contribution in [3.8, 4) is 11.5 Å². The fourth-order valence-corrected chi connectivity index (χ4v) is 3.63. The second kappa shape index (κ2) is 9.90. The molecule has 1 aliphatic rings. The second-order valence-electron chi connectivity index (χ2n) is 7.09. The van der Waals surface area contributed by atoms with Crippen LogP contribution in [0.5, 0.6) is 11.5 Å². The first-order valence-electron chi connectivity index (χ1n) is 9.81. The van der Waals surface area contributed by atoms with Gasteiger partial charge < -0.3 is 20.6 Å². The number of aromatic hydroxyl groups is 2. The summed E-state index contributed by atoms with van der Waals surface area (Å²) in [6, 6.07) is 8.71. The Morgan fingerprint density at radius 1 is 0.968 bits per heavy atom. The van der Waals surface area contributed by atoms with Crippen molar-refractivity contribution >= 4 is 46.1 Å². The van der Waals surface area contributed by atoms with Crippen LogP contribution in [0.3, 0.4) is 0 Å². The van der Waals surface area contributed by atoms with E-state index >= 15 is 0 Å². The highest BCUT2D eigenvalue weighted by Crippen LogP contribution is 2.34. The topological polar surface area (TPSA) is 102 Å². The molecule has 0 aromatic heterocycles. The summed E-state index contributed by atoms with van der Waals surface area (Å²) in [6.07, 6.45) is 4.27. The molecular formula is C23H22Cl2N2O4. The molecule has 3 rings (SSSR count). The van der Waals surface area contributed by atoms with Crippen molar-refractivity contribution in [1.29, 1.82) is 0 Å². The van der Waals surface area contributed by atoms with Gasteiger partial charge in [0, 0.05) is 23.8 Å². The lowest BCUT2D eigenvalue weighted by Gasteiger charge is -2.21. The lowest BCUT2D eigenvalue weighted by Crippen LogP contribution is -2.24. The Labute approximate surface area is 190 Å². The highest BCUT2D eigenvalue weighted by atomic mass is 35.5. The molecule has 0 radical (unpaired) electrons. The molecular weight excluding hydrogens is 439 g/mol. The van der Waals surface area contributed by atoms with Crippen LogP contribution in [0.15, 0.2) is 64.5 Å². The number of phenolic OH excluding ortho intramolecular Hbond substituents is 2. The minimum atomic E-state index is -0.413. The zero-order chi connectivity index (χ0) is 22.5. The number of nitrogens with one attached hydrogen (secondary N) is 1. The van der Waals surface area contributed by atoms with Crippen molar-refractivity contribution in [3.63, 3.8) is 0 Å². The van der Waals surface area contributed by atoms with E-state index in [1.807, 2.05) is 0 Å². The van der Waals surface area contributed by atoms with Crippen LogP contribution < -0.4 is 5.32 Å². The Kier molecular flexibility index (Phi) is 7.25. The van der Waals surface area contributed by atoms with Gasteiger partial charge in [0.2, 0.25) is 5.78 Å². The number of hydrogen-bond donors (Lipinski definition) is 4. The first-order chi connectivity index (χ1) is 14.8. The van der Waals surface area contributed by atoms with E-state index < -0.39 is 5.78 Å². The Hall–Kier alpha value is -2.96. The molecule has 0 aliphatic heterocycles. The minimum Gasteiger partial charge on any atom is -0.508 e. The van der Waals surface area contributed by atoms with Gasteiger partial charge in [-0.25, -0.2) is 4.99 Å². The molecule has 0 heterocycles. The number of halogens is 2. The third-order valence-electron chi connectivity index (χ3n) is 4.75. The molecule has 2 aromatic carbocycles. The maximum Gasteiger partial charge on any atom is 0.206 e. The zero-order valence-electron chi connectivity index (χ0n) is 16.8. The smallest absolute Gasteiger partial charge is 0.206 e. The number of carbonyl (C=O) groups is 1. The summed E-state index contributed by atoms with van der Waals surface area (Å²) >= 11 is 12.4. The zero-order valence-corrected chi connectivity index (χ0v) is 18.3. The van der Waals surface area contributed by atoms with Crippen LogP contribution in [0, 0.1) is 0 Å². The van der Waals surface area contributed by atoms with Crippen LogP contribution in [0.25, 0.3) is 0 Å².